The van der Waals surface area contributed by atoms with Crippen molar-refractivity contribution in [2.45, 2.75) is 32.1 Å². The molecular formula is C19H26F6N4. The normalized spacial score (nSPS) is 18.9. The third-order valence-electron chi connectivity index (χ3n) is 4.61. The lowest BCUT2D eigenvalue weighted by atomic mass is 10.1. The standard InChI is InChI=1S/C19H26F6N4/c1-2-26-17(28-11-15-8-10-29(12-15)13-18(20,21)22)27-9-7-14-3-5-16(6-4-14)19(23,24)25/h3-6,15H,2,7-13H2,1H3,(H2,26,27,28). The van der Waals surface area contributed by atoms with Gasteiger partial charge < -0.3 is 10.6 Å². The quantitative estimate of drug-likeness (QED) is 0.399. The van der Waals surface area contributed by atoms with E-state index in [1.165, 1.54) is 17.0 Å². The molecule has 0 aromatic heterocycles. The van der Waals surface area contributed by atoms with E-state index in [1.54, 1.807) is 0 Å². The first-order valence-electron chi connectivity index (χ1n) is 9.54. The van der Waals surface area contributed by atoms with Gasteiger partial charge in [-0.2, -0.15) is 26.3 Å². The van der Waals surface area contributed by atoms with Crippen molar-refractivity contribution in [2.75, 3.05) is 39.3 Å². The number of hydrogen-bond donors (Lipinski definition) is 2. The maximum Gasteiger partial charge on any atom is 0.416 e. The third kappa shape index (κ3) is 8.51. The van der Waals surface area contributed by atoms with Gasteiger partial charge in [-0.25, -0.2) is 0 Å². The zero-order chi connectivity index (χ0) is 21.5. The number of nitrogens with one attached hydrogen (secondary N) is 2. The minimum atomic E-state index is -4.35. The fourth-order valence-corrected chi connectivity index (χ4v) is 3.21. The van der Waals surface area contributed by atoms with E-state index >= 15 is 0 Å². The van der Waals surface area contributed by atoms with Crippen LogP contribution < -0.4 is 10.6 Å². The smallest absolute Gasteiger partial charge is 0.357 e. The number of alkyl halides is 6. The zero-order valence-electron chi connectivity index (χ0n) is 16.2. The van der Waals surface area contributed by atoms with Gasteiger partial charge >= 0.3 is 12.4 Å². The lowest BCUT2D eigenvalue weighted by molar-refractivity contribution is -0.143. The predicted octanol–water partition coefficient (Wildman–Crippen LogP) is 3.69. The highest BCUT2D eigenvalue weighted by Crippen LogP contribution is 2.29. The molecule has 4 nitrogen and oxygen atoms in total. The van der Waals surface area contributed by atoms with Crippen LogP contribution in [-0.4, -0.2) is 56.3 Å². The Morgan fingerprint density at radius 2 is 1.79 bits per heavy atom. The molecule has 0 amide bonds. The van der Waals surface area contributed by atoms with Gasteiger partial charge in [0.15, 0.2) is 5.96 Å². The number of nitrogens with zero attached hydrogens (tertiary/aromatic N) is 2. The van der Waals surface area contributed by atoms with Crippen LogP contribution in [0.4, 0.5) is 26.3 Å². The van der Waals surface area contributed by atoms with E-state index in [4.69, 9.17) is 0 Å². The topological polar surface area (TPSA) is 39.7 Å². The molecule has 0 spiro atoms. The molecule has 2 rings (SSSR count). The predicted molar refractivity (Wildman–Crippen MR) is 99.7 cm³/mol. The van der Waals surface area contributed by atoms with Gasteiger partial charge in [-0.1, -0.05) is 12.1 Å². The summed E-state index contributed by atoms with van der Waals surface area (Å²) >= 11 is 0. The fraction of sp³-hybridized carbons (Fsp3) is 0.632. The van der Waals surface area contributed by atoms with Crippen molar-refractivity contribution in [3.63, 3.8) is 0 Å². The SMILES string of the molecule is CCNC(=NCC1CCN(CC(F)(F)F)C1)NCCc1ccc(C(F)(F)F)cc1. The van der Waals surface area contributed by atoms with Gasteiger partial charge in [0.2, 0.25) is 0 Å². The lowest BCUT2D eigenvalue weighted by Gasteiger charge is -2.17. The second kappa shape index (κ2) is 10.2. The summed E-state index contributed by atoms with van der Waals surface area (Å²) in [5, 5.41) is 6.18. The van der Waals surface area contributed by atoms with Gasteiger partial charge in [0, 0.05) is 26.2 Å². The lowest BCUT2D eigenvalue weighted by Crippen LogP contribution is -2.38. The van der Waals surface area contributed by atoms with E-state index < -0.39 is 24.5 Å². The first-order chi connectivity index (χ1) is 13.6. The van der Waals surface area contributed by atoms with E-state index in [2.05, 4.69) is 15.6 Å². The molecule has 10 heteroatoms. The minimum Gasteiger partial charge on any atom is -0.357 e. The molecule has 1 fully saturated rings. The number of rotatable bonds is 7. The third-order valence-corrected chi connectivity index (χ3v) is 4.61. The van der Waals surface area contributed by atoms with Gasteiger partial charge in [-0.3, -0.25) is 9.89 Å². The van der Waals surface area contributed by atoms with E-state index in [-0.39, 0.29) is 5.92 Å². The van der Waals surface area contributed by atoms with Crippen molar-refractivity contribution in [3.8, 4) is 0 Å². The van der Waals surface area contributed by atoms with Crippen LogP contribution in [0.3, 0.4) is 0 Å². The van der Waals surface area contributed by atoms with Gasteiger partial charge in [0.05, 0.1) is 12.1 Å². The molecular weight excluding hydrogens is 398 g/mol. The molecule has 0 bridgehead atoms. The summed E-state index contributed by atoms with van der Waals surface area (Å²) in [6, 6.07) is 5.01. The van der Waals surface area contributed by atoms with Gasteiger partial charge in [-0.05, 0) is 49.9 Å². The summed E-state index contributed by atoms with van der Waals surface area (Å²) in [6.45, 7) is 3.31. The van der Waals surface area contributed by atoms with Crippen molar-refractivity contribution in [1.29, 1.82) is 0 Å². The second-order valence-corrected chi connectivity index (χ2v) is 7.10. The summed E-state index contributed by atoms with van der Waals surface area (Å²) in [5.74, 6) is 0.622. The van der Waals surface area contributed by atoms with Crippen LogP contribution in [-0.2, 0) is 12.6 Å². The highest BCUT2D eigenvalue weighted by atomic mass is 19.4. The van der Waals surface area contributed by atoms with E-state index in [0.717, 1.165) is 17.7 Å². The summed E-state index contributed by atoms with van der Waals surface area (Å²) in [5.41, 5.74) is 0.0835. The molecule has 0 radical (unpaired) electrons. The van der Waals surface area contributed by atoms with Crippen LogP contribution in [0.1, 0.15) is 24.5 Å². The van der Waals surface area contributed by atoms with Crippen molar-refractivity contribution in [1.82, 2.24) is 15.5 Å². The Morgan fingerprint density at radius 3 is 2.38 bits per heavy atom. The molecule has 164 valence electrons. The molecule has 29 heavy (non-hydrogen) atoms. The monoisotopic (exact) mass is 424 g/mol. The number of guanidine groups is 1. The number of halogens is 6. The summed E-state index contributed by atoms with van der Waals surface area (Å²) < 4.78 is 75.1. The fourth-order valence-electron chi connectivity index (χ4n) is 3.21. The Balaban J connectivity index is 1.79. The molecule has 1 heterocycles. The van der Waals surface area contributed by atoms with Crippen LogP contribution in [0.25, 0.3) is 0 Å². The minimum absolute atomic E-state index is 0.0720. The van der Waals surface area contributed by atoms with E-state index in [1.807, 2.05) is 6.92 Å². The van der Waals surface area contributed by atoms with Crippen LogP contribution in [0.15, 0.2) is 29.3 Å². The zero-order valence-corrected chi connectivity index (χ0v) is 16.2. The summed E-state index contributed by atoms with van der Waals surface area (Å²) in [6.07, 6.45) is -7.35. The molecule has 1 unspecified atom stereocenters. The molecule has 1 aliphatic heterocycles. The van der Waals surface area contributed by atoms with Crippen LogP contribution >= 0.6 is 0 Å². The van der Waals surface area contributed by atoms with Crippen LogP contribution in [0, 0.1) is 5.92 Å². The van der Waals surface area contributed by atoms with Crippen LogP contribution in [0.2, 0.25) is 0 Å². The van der Waals surface area contributed by atoms with E-state index in [0.29, 0.717) is 51.5 Å². The molecule has 1 saturated heterocycles. The molecule has 0 aliphatic carbocycles. The number of hydrogen-bond acceptors (Lipinski definition) is 2. The van der Waals surface area contributed by atoms with Crippen molar-refractivity contribution in [3.05, 3.63) is 35.4 Å². The molecule has 0 saturated carbocycles. The van der Waals surface area contributed by atoms with Gasteiger partial charge in [0.1, 0.15) is 0 Å². The highest BCUT2D eigenvalue weighted by molar-refractivity contribution is 5.79. The maximum absolute atomic E-state index is 12.6. The Hall–Kier alpha value is -1.97. The second-order valence-electron chi connectivity index (χ2n) is 7.10. The number of aliphatic imine (C=N–C) groups is 1. The highest BCUT2D eigenvalue weighted by Gasteiger charge is 2.34. The molecule has 1 aromatic rings. The molecule has 2 N–H and O–H groups in total. The Labute approximate surface area is 166 Å². The van der Waals surface area contributed by atoms with Crippen molar-refractivity contribution < 1.29 is 26.3 Å². The number of likely N-dealkylation sites (tertiary alicyclic amines) is 1. The molecule has 1 aromatic carbocycles. The summed E-state index contributed by atoms with van der Waals surface area (Å²) in [7, 11) is 0. The van der Waals surface area contributed by atoms with Gasteiger partial charge in [-0.15, -0.1) is 0 Å². The number of benzene rings is 1. The van der Waals surface area contributed by atoms with Crippen LogP contribution in [0.5, 0.6) is 0 Å². The Bertz CT molecular complexity index is 654. The molecule has 1 atom stereocenters. The average molecular weight is 424 g/mol. The van der Waals surface area contributed by atoms with E-state index in [9.17, 15) is 26.3 Å². The Kier molecular flexibility index (Phi) is 8.18. The average Bonchev–Trinajstić information content (AvgIpc) is 3.05. The van der Waals surface area contributed by atoms with Gasteiger partial charge in [0.25, 0.3) is 0 Å². The first kappa shape index (κ1) is 23.3. The van der Waals surface area contributed by atoms with Crippen molar-refractivity contribution >= 4 is 5.96 Å². The summed E-state index contributed by atoms with van der Waals surface area (Å²) in [4.78, 5) is 5.84. The first-order valence-corrected chi connectivity index (χ1v) is 9.54. The Morgan fingerprint density at radius 1 is 1.10 bits per heavy atom. The maximum atomic E-state index is 12.6. The largest absolute Gasteiger partial charge is 0.416 e. The van der Waals surface area contributed by atoms with Crippen molar-refractivity contribution in [2.24, 2.45) is 10.9 Å². The molecule has 1 aliphatic rings.